The number of halogens is 1. The molecule has 0 spiro atoms. The normalized spacial score (nSPS) is 21.6. The number of hydrogen-bond donors (Lipinski definition) is 1. The zero-order valence-corrected chi connectivity index (χ0v) is 15.2. The highest BCUT2D eigenvalue weighted by atomic mass is 19.1. The zero-order valence-electron chi connectivity index (χ0n) is 15.2. The van der Waals surface area contributed by atoms with E-state index in [0.29, 0.717) is 6.04 Å². The molecule has 4 nitrogen and oxygen atoms in total. The Morgan fingerprint density at radius 2 is 1.96 bits per heavy atom. The Balaban J connectivity index is 2.12. The zero-order chi connectivity index (χ0) is 18.2. The summed E-state index contributed by atoms with van der Waals surface area (Å²) in [6, 6.07) is 8.82. The van der Waals surface area contributed by atoms with Gasteiger partial charge in [0.25, 0.3) is 0 Å². The molecule has 1 aromatic carbocycles. The van der Waals surface area contributed by atoms with Crippen LogP contribution in [0.5, 0.6) is 0 Å². The smallest absolute Gasteiger partial charge is 0.235 e. The lowest BCUT2D eigenvalue weighted by Crippen LogP contribution is -2.45. The van der Waals surface area contributed by atoms with E-state index < -0.39 is 0 Å². The van der Waals surface area contributed by atoms with Crippen molar-refractivity contribution in [1.29, 1.82) is 5.26 Å². The largest absolute Gasteiger partial charge is 0.342 e. The van der Waals surface area contributed by atoms with E-state index in [9.17, 15) is 9.18 Å². The maximum absolute atomic E-state index is 13.2. The van der Waals surface area contributed by atoms with Crippen LogP contribution in [-0.2, 0) is 4.79 Å². The van der Waals surface area contributed by atoms with E-state index in [-0.39, 0.29) is 30.9 Å². The molecule has 136 valence electrons. The van der Waals surface area contributed by atoms with Gasteiger partial charge in [-0.3, -0.25) is 9.69 Å². The van der Waals surface area contributed by atoms with Crippen LogP contribution in [0.2, 0.25) is 0 Å². The van der Waals surface area contributed by atoms with Gasteiger partial charge in [-0.05, 0) is 56.2 Å². The first-order chi connectivity index (χ1) is 12.0. The molecule has 1 aliphatic carbocycles. The van der Waals surface area contributed by atoms with Gasteiger partial charge in [0.1, 0.15) is 12.4 Å². The van der Waals surface area contributed by atoms with Gasteiger partial charge in [-0.25, -0.2) is 4.39 Å². The molecule has 0 heterocycles. The molecule has 0 bridgehead atoms. The Kier molecular flexibility index (Phi) is 7.39. The van der Waals surface area contributed by atoms with Gasteiger partial charge in [-0.2, -0.15) is 5.26 Å². The van der Waals surface area contributed by atoms with Crippen LogP contribution in [0.1, 0.15) is 57.6 Å². The van der Waals surface area contributed by atoms with Gasteiger partial charge in [0.05, 0.1) is 12.6 Å². The SMILES string of the molecule is CCC1CCC(N(CC(=O)NCC#N)C(C)c2ccc(F)cc2)CC1. The van der Waals surface area contributed by atoms with Crippen molar-refractivity contribution in [2.24, 2.45) is 5.92 Å². The molecule has 1 saturated carbocycles. The van der Waals surface area contributed by atoms with Crippen LogP contribution in [0.15, 0.2) is 24.3 Å². The highest BCUT2D eigenvalue weighted by Crippen LogP contribution is 2.33. The molecule has 1 aliphatic rings. The minimum absolute atomic E-state index is 0.0246. The molecule has 0 aliphatic heterocycles. The number of nitrogens with zero attached hydrogens (tertiary/aromatic N) is 2. The second kappa shape index (κ2) is 9.53. The van der Waals surface area contributed by atoms with Gasteiger partial charge in [-0.1, -0.05) is 25.5 Å². The van der Waals surface area contributed by atoms with Crippen molar-refractivity contribution in [2.45, 2.75) is 58.0 Å². The molecule has 1 amide bonds. The lowest BCUT2D eigenvalue weighted by atomic mass is 9.83. The van der Waals surface area contributed by atoms with Crippen molar-refractivity contribution in [3.05, 3.63) is 35.6 Å². The highest BCUT2D eigenvalue weighted by Gasteiger charge is 2.30. The van der Waals surface area contributed by atoms with Gasteiger partial charge in [0, 0.05) is 12.1 Å². The number of nitrogens with one attached hydrogen (secondary N) is 1. The van der Waals surface area contributed by atoms with E-state index in [4.69, 9.17) is 5.26 Å². The van der Waals surface area contributed by atoms with Gasteiger partial charge in [0.15, 0.2) is 0 Å². The number of carbonyl (C=O) groups is 1. The van der Waals surface area contributed by atoms with Gasteiger partial charge in [0.2, 0.25) is 5.91 Å². The van der Waals surface area contributed by atoms with Crippen LogP contribution in [0.25, 0.3) is 0 Å². The lowest BCUT2D eigenvalue weighted by molar-refractivity contribution is -0.123. The molecule has 1 N–H and O–H groups in total. The molecule has 1 aromatic rings. The Hall–Kier alpha value is -1.93. The third-order valence-electron chi connectivity index (χ3n) is 5.40. The Bertz CT molecular complexity index is 588. The number of benzene rings is 1. The van der Waals surface area contributed by atoms with E-state index in [1.165, 1.54) is 31.4 Å². The average molecular weight is 345 g/mol. The summed E-state index contributed by atoms with van der Waals surface area (Å²) in [6.07, 6.45) is 5.75. The standard InChI is InChI=1S/C20H28FN3O/c1-3-16-4-10-19(11-5-16)24(14-20(25)23-13-12-22)15(2)17-6-8-18(21)9-7-17/h6-9,15-16,19H,3-5,10-11,13-14H2,1-2H3,(H,23,25). The molecule has 1 fully saturated rings. The van der Waals surface area contributed by atoms with Gasteiger partial charge < -0.3 is 5.32 Å². The average Bonchev–Trinajstić information content (AvgIpc) is 2.64. The summed E-state index contributed by atoms with van der Waals surface area (Å²) in [5, 5.41) is 11.3. The predicted molar refractivity (Wildman–Crippen MR) is 96.2 cm³/mol. The topological polar surface area (TPSA) is 56.1 Å². The maximum atomic E-state index is 13.2. The first kappa shape index (κ1) is 19.4. The van der Waals surface area contributed by atoms with Crippen LogP contribution in [0, 0.1) is 23.1 Å². The van der Waals surface area contributed by atoms with E-state index in [2.05, 4.69) is 24.1 Å². The first-order valence-corrected chi connectivity index (χ1v) is 9.20. The molecular formula is C20H28FN3O. The third kappa shape index (κ3) is 5.54. The molecule has 1 unspecified atom stereocenters. The lowest BCUT2D eigenvalue weighted by Gasteiger charge is -2.40. The number of nitriles is 1. The number of rotatable bonds is 7. The summed E-state index contributed by atoms with van der Waals surface area (Å²) in [7, 11) is 0. The minimum Gasteiger partial charge on any atom is -0.342 e. The van der Waals surface area contributed by atoms with E-state index in [1.54, 1.807) is 12.1 Å². The molecule has 2 rings (SSSR count). The Labute approximate surface area is 150 Å². The summed E-state index contributed by atoms with van der Waals surface area (Å²) in [6.45, 7) is 4.60. The van der Waals surface area contributed by atoms with E-state index >= 15 is 0 Å². The second-order valence-corrected chi connectivity index (χ2v) is 6.92. The highest BCUT2D eigenvalue weighted by molar-refractivity contribution is 5.78. The maximum Gasteiger partial charge on any atom is 0.235 e. The monoisotopic (exact) mass is 345 g/mol. The fraction of sp³-hybridized carbons (Fsp3) is 0.600. The number of hydrogen-bond acceptors (Lipinski definition) is 3. The van der Waals surface area contributed by atoms with Crippen LogP contribution in [0.4, 0.5) is 4.39 Å². The molecule has 0 radical (unpaired) electrons. The molecule has 25 heavy (non-hydrogen) atoms. The number of amides is 1. The Morgan fingerprint density at radius 1 is 1.32 bits per heavy atom. The summed E-state index contributed by atoms with van der Waals surface area (Å²) in [4.78, 5) is 14.4. The van der Waals surface area contributed by atoms with Crippen molar-refractivity contribution in [3.8, 4) is 6.07 Å². The van der Waals surface area contributed by atoms with Gasteiger partial charge in [-0.15, -0.1) is 0 Å². The molecular weight excluding hydrogens is 317 g/mol. The van der Waals surface area contributed by atoms with Crippen molar-refractivity contribution in [1.82, 2.24) is 10.2 Å². The second-order valence-electron chi connectivity index (χ2n) is 6.92. The Morgan fingerprint density at radius 3 is 2.52 bits per heavy atom. The van der Waals surface area contributed by atoms with Gasteiger partial charge >= 0.3 is 0 Å². The molecule has 0 saturated heterocycles. The fourth-order valence-corrected chi connectivity index (χ4v) is 3.76. The predicted octanol–water partition coefficient (Wildman–Crippen LogP) is 3.80. The number of carbonyl (C=O) groups excluding carboxylic acids is 1. The van der Waals surface area contributed by atoms with Crippen molar-refractivity contribution in [3.63, 3.8) is 0 Å². The third-order valence-corrected chi connectivity index (χ3v) is 5.40. The quantitative estimate of drug-likeness (QED) is 0.765. The van der Waals surface area contributed by atoms with E-state index in [1.807, 2.05) is 6.07 Å². The van der Waals surface area contributed by atoms with Crippen LogP contribution in [-0.4, -0.2) is 29.9 Å². The van der Waals surface area contributed by atoms with Crippen LogP contribution in [0.3, 0.4) is 0 Å². The fourth-order valence-electron chi connectivity index (χ4n) is 3.76. The molecule has 1 atom stereocenters. The summed E-state index contributed by atoms with van der Waals surface area (Å²) >= 11 is 0. The first-order valence-electron chi connectivity index (χ1n) is 9.20. The van der Waals surface area contributed by atoms with Crippen LogP contribution < -0.4 is 5.32 Å². The van der Waals surface area contributed by atoms with Crippen molar-refractivity contribution >= 4 is 5.91 Å². The van der Waals surface area contributed by atoms with Crippen LogP contribution >= 0.6 is 0 Å². The molecule has 0 aromatic heterocycles. The molecule has 5 heteroatoms. The summed E-state index contributed by atoms with van der Waals surface area (Å²) < 4.78 is 13.2. The van der Waals surface area contributed by atoms with Crippen molar-refractivity contribution in [2.75, 3.05) is 13.1 Å². The summed E-state index contributed by atoms with van der Waals surface area (Å²) in [5.41, 5.74) is 1.01. The summed E-state index contributed by atoms with van der Waals surface area (Å²) in [5.74, 6) is 0.400. The minimum atomic E-state index is -0.252. The van der Waals surface area contributed by atoms with Crippen molar-refractivity contribution < 1.29 is 9.18 Å². The van der Waals surface area contributed by atoms with E-state index in [0.717, 1.165) is 24.3 Å².